The van der Waals surface area contributed by atoms with E-state index >= 15 is 0 Å². The quantitative estimate of drug-likeness (QED) is 0.776. The predicted molar refractivity (Wildman–Crippen MR) is 115 cm³/mol. The second-order valence-corrected chi connectivity index (χ2v) is 7.64. The summed E-state index contributed by atoms with van der Waals surface area (Å²) in [5, 5.41) is 4.54. The van der Waals surface area contributed by atoms with Crippen LogP contribution in [0.4, 0.5) is 0 Å². The normalized spacial score (nSPS) is 17.2. The molecule has 8 heteroatoms. The van der Waals surface area contributed by atoms with Crippen molar-refractivity contribution in [2.24, 2.45) is 4.99 Å². The Hall–Kier alpha value is -1.91. The zero-order valence-electron chi connectivity index (χ0n) is 15.7. The molecular weight excluding hydrogens is 381 g/mol. The van der Waals surface area contributed by atoms with Crippen molar-refractivity contribution in [1.82, 2.24) is 19.8 Å². The summed E-state index contributed by atoms with van der Waals surface area (Å²) in [6, 6.07) is 1.84. The van der Waals surface area contributed by atoms with Gasteiger partial charge in [0.1, 0.15) is 18.1 Å². The molecular formula is C19H25ClN5OP. The molecule has 4 rings (SSSR count). The van der Waals surface area contributed by atoms with Crippen LogP contribution in [0.1, 0.15) is 37.0 Å². The number of carbonyl (C=O) groups excluding carboxylic acids is 1. The molecule has 0 spiro atoms. The number of rotatable bonds is 2. The Morgan fingerprint density at radius 1 is 1.33 bits per heavy atom. The van der Waals surface area contributed by atoms with Crippen LogP contribution in [0, 0.1) is 0 Å². The molecule has 1 amide bonds. The zero-order valence-corrected chi connectivity index (χ0v) is 17.6. The number of allylic oxidation sites excluding steroid dienone is 1. The van der Waals surface area contributed by atoms with Gasteiger partial charge in [0.2, 0.25) is 0 Å². The Bertz CT molecular complexity index is 884. The van der Waals surface area contributed by atoms with Crippen LogP contribution >= 0.6 is 20.8 Å². The second kappa shape index (κ2) is 8.85. The molecule has 1 atom stereocenters. The van der Waals surface area contributed by atoms with Gasteiger partial charge in [-0.3, -0.25) is 14.4 Å². The summed E-state index contributed by atoms with van der Waals surface area (Å²) in [7, 11) is 2.85. The summed E-state index contributed by atoms with van der Waals surface area (Å²) < 4.78 is 1.89. The highest BCUT2D eigenvalue weighted by Gasteiger charge is 2.23. The van der Waals surface area contributed by atoms with Crippen LogP contribution < -0.4 is 5.32 Å². The number of aromatic nitrogens is 2. The third-order valence-electron chi connectivity index (χ3n) is 4.62. The molecule has 0 aromatic carbocycles. The van der Waals surface area contributed by atoms with Crippen molar-refractivity contribution in [3.8, 4) is 0 Å². The van der Waals surface area contributed by atoms with Gasteiger partial charge in [-0.2, -0.15) is 0 Å². The van der Waals surface area contributed by atoms with Gasteiger partial charge in [0.05, 0.1) is 10.6 Å². The molecule has 4 heterocycles. The third kappa shape index (κ3) is 4.17. The first-order chi connectivity index (χ1) is 13.1. The SMILES string of the molecule is CC.O=C(c1cnc2c(c1)c(Cl)cn2C1=CC=NCN1)N1CCC(P)CC1. The average Bonchev–Trinajstić information content (AvgIpc) is 3.06. The van der Waals surface area contributed by atoms with Crippen LogP contribution in [0.5, 0.6) is 0 Å². The van der Waals surface area contributed by atoms with Gasteiger partial charge >= 0.3 is 0 Å². The molecule has 0 aliphatic carbocycles. The first-order valence-corrected chi connectivity index (χ1v) is 10.3. The molecule has 1 unspecified atom stereocenters. The fourth-order valence-electron chi connectivity index (χ4n) is 3.18. The van der Waals surface area contributed by atoms with Crippen LogP contribution in [0.15, 0.2) is 29.5 Å². The van der Waals surface area contributed by atoms with Crippen LogP contribution in [-0.4, -0.2) is 52.0 Å². The Balaban J connectivity index is 0.00000102. The molecule has 144 valence electrons. The summed E-state index contributed by atoms with van der Waals surface area (Å²) in [5.41, 5.74) is 1.91. The van der Waals surface area contributed by atoms with Gasteiger partial charge in [0, 0.05) is 37.1 Å². The number of nitrogens with zero attached hydrogens (tertiary/aromatic N) is 4. The predicted octanol–water partition coefficient (Wildman–Crippen LogP) is 3.63. The molecule has 2 aliphatic rings. The maximum Gasteiger partial charge on any atom is 0.255 e. The summed E-state index contributed by atoms with van der Waals surface area (Å²) in [6.45, 7) is 6.09. The molecule has 1 N–H and O–H groups in total. The Labute approximate surface area is 166 Å². The lowest BCUT2D eigenvalue weighted by Gasteiger charge is -2.30. The number of aliphatic imine (C=N–C) groups is 1. The van der Waals surface area contributed by atoms with Crippen molar-refractivity contribution in [3.63, 3.8) is 0 Å². The van der Waals surface area contributed by atoms with Crippen molar-refractivity contribution in [1.29, 1.82) is 0 Å². The maximum atomic E-state index is 12.8. The van der Waals surface area contributed by atoms with E-state index in [1.54, 1.807) is 12.4 Å². The summed E-state index contributed by atoms with van der Waals surface area (Å²) in [4.78, 5) is 23.3. The number of hydrogen-bond donors (Lipinski definition) is 1. The number of pyridine rings is 1. The fourth-order valence-corrected chi connectivity index (χ4v) is 3.72. The molecule has 0 saturated carbocycles. The average molecular weight is 406 g/mol. The molecule has 1 saturated heterocycles. The van der Waals surface area contributed by atoms with Gasteiger partial charge in [-0.25, -0.2) is 4.98 Å². The van der Waals surface area contributed by atoms with Gasteiger partial charge in [-0.05, 0) is 30.6 Å². The van der Waals surface area contributed by atoms with Gasteiger partial charge in [0.25, 0.3) is 5.91 Å². The first kappa shape index (κ1) is 19.8. The van der Waals surface area contributed by atoms with E-state index < -0.39 is 0 Å². The topological polar surface area (TPSA) is 62.5 Å². The third-order valence-corrected chi connectivity index (χ3v) is 5.59. The Kier molecular flexibility index (Phi) is 6.51. The van der Waals surface area contributed by atoms with Crippen LogP contribution in [-0.2, 0) is 0 Å². The number of likely N-dealkylation sites (tertiary alicyclic amines) is 1. The van der Waals surface area contributed by atoms with E-state index in [0.717, 1.165) is 42.8 Å². The van der Waals surface area contributed by atoms with E-state index in [1.165, 1.54) is 0 Å². The first-order valence-electron chi connectivity index (χ1n) is 9.29. The van der Waals surface area contributed by atoms with Crippen molar-refractivity contribution in [2.75, 3.05) is 19.8 Å². The van der Waals surface area contributed by atoms with Gasteiger partial charge in [-0.15, -0.1) is 9.24 Å². The van der Waals surface area contributed by atoms with E-state index in [0.29, 0.717) is 22.9 Å². The van der Waals surface area contributed by atoms with E-state index in [9.17, 15) is 4.79 Å². The number of amides is 1. The van der Waals surface area contributed by atoms with Gasteiger partial charge < -0.3 is 10.2 Å². The number of halogens is 1. The van der Waals surface area contributed by atoms with Crippen LogP contribution in [0.2, 0.25) is 5.02 Å². The van der Waals surface area contributed by atoms with Crippen LogP contribution in [0.3, 0.4) is 0 Å². The maximum absolute atomic E-state index is 12.8. The summed E-state index contributed by atoms with van der Waals surface area (Å²) in [6.07, 6.45) is 9.11. The lowest BCUT2D eigenvalue weighted by molar-refractivity contribution is 0.0727. The van der Waals surface area contributed by atoms with E-state index in [4.69, 9.17) is 11.6 Å². The second-order valence-electron chi connectivity index (χ2n) is 6.29. The molecule has 2 aromatic rings. The molecule has 2 aliphatic heterocycles. The number of carbonyl (C=O) groups is 1. The highest BCUT2D eigenvalue weighted by atomic mass is 35.5. The van der Waals surface area contributed by atoms with Crippen molar-refractivity contribution in [2.45, 2.75) is 32.3 Å². The van der Waals surface area contributed by atoms with E-state index in [-0.39, 0.29) is 5.91 Å². The number of fused-ring (bicyclic) bond motifs is 1. The monoisotopic (exact) mass is 405 g/mol. The lowest BCUT2D eigenvalue weighted by atomic mass is 10.1. The van der Waals surface area contributed by atoms with E-state index in [2.05, 4.69) is 24.5 Å². The highest BCUT2D eigenvalue weighted by Crippen LogP contribution is 2.28. The zero-order chi connectivity index (χ0) is 19.4. The number of piperidine rings is 1. The molecule has 6 nitrogen and oxygen atoms in total. The molecule has 1 fully saturated rings. The fraction of sp³-hybridized carbons (Fsp3) is 0.421. The van der Waals surface area contributed by atoms with Crippen molar-refractivity contribution < 1.29 is 4.79 Å². The molecule has 27 heavy (non-hydrogen) atoms. The van der Waals surface area contributed by atoms with Crippen molar-refractivity contribution >= 4 is 49.8 Å². The van der Waals surface area contributed by atoms with Gasteiger partial charge in [-0.1, -0.05) is 25.4 Å². The Morgan fingerprint density at radius 2 is 2.07 bits per heavy atom. The minimum Gasteiger partial charge on any atom is -0.352 e. The van der Waals surface area contributed by atoms with Crippen LogP contribution in [0.25, 0.3) is 16.9 Å². The number of hydrogen-bond acceptors (Lipinski definition) is 4. The Morgan fingerprint density at radius 3 is 2.74 bits per heavy atom. The largest absolute Gasteiger partial charge is 0.352 e. The van der Waals surface area contributed by atoms with Gasteiger partial charge in [0.15, 0.2) is 0 Å². The molecule has 2 aromatic heterocycles. The minimum atomic E-state index is 0.0252. The standard InChI is InChI=1S/C17H19ClN5OP.C2H6/c18-14-9-23(15-1-4-19-10-21-15)16-13(14)7-11(8-20-16)17(24)22-5-2-12(25)3-6-22;1-2/h1,4,7-9,12,21H,2-3,5-6,10,25H2;1-2H3. The van der Waals surface area contributed by atoms with E-state index in [1.807, 2.05) is 41.7 Å². The summed E-state index contributed by atoms with van der Waals surface area (Å²) in [5.74, 6) is 0.887. The smallest absolute Gasteiger partial charge is 0.255 e. The highest BCUT2D eigenvalue weighted by molar-refractivity contribution is 7.17. The van der Waals surface area contributed by atoms with Crippen molar-refractivity contribution in [3.05, 3.63) is 35.1 Å². The molecule has 0 radical (unpaired) electrons. The molecule has 0 bridgehead atoms. The number of nitrogens with one attached hydrogen (secondary N) is 1. The minimum absolute atomic E-state index is 0.0252. The lowest BCUT2D eigenvalue weighted by Crippen LogP contribution is -2.38. The summed E-state index contributed by atoms with van der Waals surface area (Å²) >= 11 is 6.40.